The van der Waals surface area contributed by atoms with Gasteiger partial charge in [-0.3, -0.25) is 9.59 Å². The maximum Gasteiger partial charge on any atom is 0.413 e. The molecule has 0 fully saturated rings. The standard InChI is InChI=1S/C18H23NO8/c1-11(17(21)13-5-6-14-15(9-13)25-10-24-14)19(3)18(22)27-12(2)26-16(20)7-8-23-4/h5-6,9,11-12H,7-8,10H2,1-4H3. The second-order valence-corrected chi connectivity index (χ2v) is 5.90. The molecule has 1 amide bonds. The summed E-state index contributed by atoms with van der Waals surface area (Å²) in [6.07, 6.45) is -1.83. The van der Waals surface area contributed by atoms with Crippen LogP contribution >= 0.6 is 0 Å². The van der Waals surface area contributed by atoms with Crippen molar-refractivity contribution in [2.75, 3.05) is 27.6 Å². The second kappa shape index (κ2) is 9.22. The summed E-state index contributed by atoms with van der Waals surface area (Å²) in [6, 6.07) is 4.02. The van der Waals surface area contributed by atoms with E-state index in [9.17, 15) is 14.4 Å². The summed E-state index contributed by atoms with van der Waals surface area (Å²) in [5.74, 6) is 0.202. The molecule has 1 heterocycles. The van der Waals surface area contributed by atoms with Gasteiger partial charge in [0.25, 0.3) is 0 Å². The van der Waals surface area contributed by atoms with Gasteiger partial charge in [-0.15, -0.1) is 0 Å². The lowest BCUT2D eigenvalue weighted by molar-refractivity contribution is -0.167. The van der Waals surface area contributed by atoms with Crippen LogP contribution in [0.1, 0.15) is 30.6 Å². The minimum absolute atomic E-state index is 0.0488. The zero-order valence-electron chi connectivity index (χ0n) is 15.7. The molecule has 9 nitrogen and oxygen atoms in total. The molecule has 0 radical (unpaired) electrons. The van der Waals surface area contributed by atoms with E-state index in [1.54, 1.807) is 25.1 Å². The molecular formula is C18H23NO8. The molecule has 0 saturated heterocycles. The number of ketones is 1. The van der Waals surface area contributed by atoms with Gasteiger partial charge in [0.05, 0.1) is 19.1 Å². The van der Waals surface area contributed by atoms with Gasteiger partial charge < -0.3 is 28.6 Å². The van der Waals surface area contributed by atoms with Crippen LogP contribution in [0.15, 0.2) is 18.2 Å². The van der Waals surface area contributed by atoms with E-state index in [2.05, 4.69) is 0 Å². The smallest absolute Gasteiger partial charge is 0.413 e. The fourth-order valence-electron chi connectivity index (χ4n) is 2.30. The van der Waals surface area contributed by atoms with Crippen molar-refractivity contribution in [3.8, 4) is 11.5 Å². The van der Waals surface area contributed by atoms with E-state index in [0.29, 0.717) is 17.1 Å². The maximum absolute atomic E-state index is 12.6. The molecule has 9 heteroatoms. The van der Waals surface area contributed by atoms with Crippen molar-refractivity contribution in [3.05, 3.63) is 23.8 Å². The van der Waals surface area contributed by atoms with Crippen molar-refractivity contribution in [2.45, 2.75) is 32.6 Å². The summed E-state index contributed by atoms with van der Waals surface area (Å²) >= 11 is 0. The third-order valence-electron chi connectivity index (χ3n) is 3.98. The molecular weight excluding hydrogens is 358 g/mol. The Morgan fingerprint density at radius 2 is 1.85 bits per heavy atom. The summed E-state index contributed by atoms with van der Waals surface area (Å²) in [6.45, 7) is 3.31. The highest BCUT2D eigenvalue weighted by Gasteiger charge is 2.27. The van der Waals surface area contributed by atoms with Crippen molar-refractivity contribution in [3.63, 3.8) is 0 Å². The number of hydrogen-bond donors (Lipinski definition) is 0. The van der Waals surface area contributed by atoms with Gasteiger partial charge in [0, 0.05) is 26.6 Å². The predicted octanol–water partition coefficient (Wildman–Crippen LogP) is 1.98. The van der Waals surface area contributed by atoms with Crippen molar-refractivity contribution >= 4 is 17.8 Å². The Labute approximate surface area is 157 Å². The van der Waals surface area contributed by atoms with Crippen molar-refractivity contribution in [1.29, 1.82) is 0 Å². The van der Waals surface area contributed by atoms with Gasteiger partial charge in [-0.05, 0) is 25.1 Å². The number of benzene rings is 1. The Bertz CT molecular complexity index is 705. The van der Waals surface area contributed by atoms with Crippen molar-refractivity contribution in [2.24, 2.45) is 0 Å². The van der Waals surface area contributed by atoms with E-state index in [1.165, 1.54) is 21.1 Å². The summed E-state index contributed by atoms with van der Waals surface area (Å²) in [5.41, 5.74) is 0.380. The summed E-state index contributed by atoms with van der Waals surface area (Å²) in [4.78, 5) is 37.5. The van der Waals surface area contributed by atoms with Gasteiger partial charge in [0.2, 0.25) is 13.1 Å². The second-order valence-electron chi connectivity index (χ2n) is 5.90. The molecule has 1 aliphatic rings. The normalized spacial score (nSPS) is 14.2. The van der Waals surface area contributed by atoms with E-state index < -0.39 is 24.4 Å². The zero-order valence-corrected chi connectivity index (χ0v) is 15.7. The maximum atomic E-state index is 12.6. The average Bonchev–Trinajstić information content (AvgIpc) is 3.11. The number of rotatable bonds is 8. The number of esters is 1. The Morgan fingerprint density at radius 1 is 1.15 bits per heavy atom. The summed E-state index contributed by atoms with van der Waals surface area (Å²) < 4.78 is 25.2. The Kier molecular flexibility index (Phi) is 7.00. The highest BCUT2D eigenvalue weighted by atomic mass is 16.7. The van der Waals surface area contributed by atoms with Crippen LogP contribution < -0.4 is 9.47 Å². The lowest BCUT2D eigenvalue weighted by Gasteiger charge is -2.25. The number of hydrogen-bond acceptors (Lipinski definition) is 8. The molecule has 2 rings (SSSR count). The third kappa shape index (κ3) is 5.33. The molecule has 1 aromatic rings. The summed E-state index contributed by atoms with van der Waals surface area (Å²) in [5, 5.41) is 0. The highest BCUT2D eigenvalue weighted by molar-refractivity contribution is 6.01. The van der Waals surface area contributed by atoms with Crippen LogP contribution in [0.2, 0.25) is 0 Å². The minimum atomic E-state index is -1.09. The largest absolute Gasteiger partial charge is 0.454 e. The van der Waals surface area contributed by atoms with Gasteiger partial charge >= 0.3 is 12.1 Å². The summed E-state index contributed by atoms with van der Waals surface area (Å²) in [7, 11) is 2.89. The number of likely N-dealkylation sites (N-methyl/N-ethyl adjacent to an activating group) is 1. The van der Waals surface area contributed by atoms with Gasteiger partial charge in [-0.25, -0.2) is 4.79 Å². The van der Waals surface area contributed by atoms with Crippen LogP contribution in [-0.2, 0) is 19.0 Å². The van der Waals surface area contributed by atoms with Crippen LogP contribution in [0, 0.1) is 0 Å². The number of carbonyl (C=O) groups is 3. The first-order valence-corrected chi connectivity index (χ1v) is 8.39. The first kappa shape index (κ1) is 20.5. The fourth-order valence-corrected chi connectivity index (χ4v) is 2.30. The molecule has 2 atom stereocenters. The van der Waals surface area contributed by atoms with Gasteiger partial charge in [-0.2, -0.15) is 0 Å². The number of methoxy groups -OCH3 is 1. The van der Waals surface area contributed by atoms with E-state index in [1.807, 2.05) is 0 Å². The average molecular weight is 381 g/mol. The van der Waals surface area contributed by atoms with Crippen LogP contribution in [0.3, 0.4) is 0 Å². The van der Waals surface area contributed by atoms with Gasteiger partial charge in [0.15, 0.2) is 17.3 Å². The highest BCUT2D eigenvalue weighted by Crippen LogP contribution is 2.33. The van der Waals surface area contributed by atoms with Crippen LogP contribution in [0.4, 0.5) is 4.79 Å². The Balaban J connectivity index is 1.91. The fraction of sp³-hybridized carbons (Fsp3) is 0.500. The van der Waals surface area contributed by atoms with E-state index >= 15 is 0 Å². The third-order valence-corrected chi connectivity index (χ3v) is 3.98. The Morgan fingerprint density at radius 3 is 2.56 bits per heavy atom. The molecule has 0 spiro atoms. The monoisotopic (exact) mass is 381 g/mol. The zero-order chi connectivity index (χ0) is 20.0. The molecule has 0 aliphatic carbocycles. The Hall–Kier alpha value is -2.81. The number of ether oxygens (including phenoxy) is 5. The van der Waals surface area contributed by atoms with Crippen LogP contribution in [-0.4, -0.2) is 62.6 Å². The molecule has 0 saturated carbocycles. The van der Waals surface area contributed by atoms with Crippen molar-refractivity contribution in [1.82, 2.24) is 4.90 Å². The van der Waals surface area contributed by atoms with Crippen LogP contribution in [0.25, 0.3) is 0 Å². The predicted molar refractivity (Wildman–Crippen MR) is 92.6 cm³/mol. The number of Topliss-reactive ketones (excluding diaryl/α,β-unsaturated/α-hetero) is 1. The molecule has 1 aromatic carbocycles. The number of amides is 1. The topological polar surface area (TPSA) is 101 Å². The number of nitrogens with zero attached hydrogens (tertiary/aromatic N) is 1. The van der Waals surface area contributed by atoms with E-state index in [4.69, 9.17) is 23.7 Å². The molecule has 2 unspecified atom stereocenters. The molecule has 27 heavy (non-hydrogen) atoms. The lowest BCUT2D eigenvalue weighted by atomic mass is 10.0. The van der Waals surface area contributed by atoms with Crippen molar-refractivity contribution < 1.29 is 38.1 Å². The molecule has 0 bridgehead atoms. The molecule has 1 aliphatic heterocycles. The number of carbonyl (C=O) groups excluding carboxylic acids is 3. The van der Waals surface area contributed by atoms with Gasteiger partial charge in [-0.1, -0.05) is 0 Å². The van der Waals surface area contributed by atoms with Gasteiger partial charge in [0.1, 0.15) is 0 Å². The quantitative estimate of drug-likeness (QED) is 0.383. The SMILES string of the molecule is COCCC(=O)OC(C)OC(=O)N(C)C(C)C(=O)c1ccc2c(c1)OCO2. The van der Waals surface area contributed by atoms with Crippen LogP contribution in [0.5, 0.6) is 11.5 Å². The molecule has 0 N–H and O–H groups in total. The first-order valence-electron chi connectivity index (χ1n) is 8.39. The van der Waals surface area contributed by atoms with E-state index in [-0.39, 0.29) is 25.6 Å². The molecule has 148 valence electrons. The molecule has 0 aromatic heterocycles. The first-order chi connectivity index (χ1) is 12.8. The number of fused-ring (bicyclic) bond motifs is 1. The minimum Gasteiger partial charge on any atom is -0.454 e. The van der Waals surface area contributed by atoms with E-state index in [0.717, 1.165) is 4.90 Å². The lowest BCUT2D eigenvalue weighted by Crippen LogP contribution is -2.42.